The molecule has 7 nitrogen and oxygen atoms in total. The van der Waals surface area contributed by atoms with Crippen molar-refractivity contribution in [1.82, 2.24) is 9.88 Å². The van der Waals surface area contributed by atoms with Crippen molar-refractivity contribution in [2.45, 2.75) is 26.7 Å². The largest absolute Gasteiger partial charge is 0.493 e. The second-order valence-electron chi connectivity index (χ2n) is 7.84. The van der Waals surface area contributed by atoms with Gasteiger partial charge >= 0.3 is 0 Å². The molecule has 0 radical (unpaired) electrons. The number of rotatable bonds is 10. The lowest BCUT2D eigenvalue weighted by Gasteiger charge is -2.19. The van der Waals surface area contributed by atoms with Gasteiger partial charge in [-0.3, -0.25) is 4.98 Å². The lowest BCUT2D eigenvalue weighted by molar-refractivity contribution is 0.274. The standard InChI is InChI=1S/C26H32N2O5S/c1-7-11-32-25-22(29-5)13-17(14-23(25)30-6)12-18-15-27-16-20-19(18)9-10-21(31-8-2)24(20)33-26(34)28(3)4/h9-10,13-16H,7-8,11-12H2,1-6H3. The van der Waals surface area contributed by atoms with Crippen LogP contribution in [0.2, 0.25) is 0 Å². The van der Waals surface area contributed by atoms with E-state index in [-0.39, 0.29) is 0 Å². The highest BCUT2D eigenvalue weighted by Gasteiger charge is 2.18. The molecule has 0 unspecified atom stereocenters. The van der Waals surface area contributed by atoms with Crippen LogP contribution in [0.1, 0.15) is 31.4 Å². The highest BCUT2D eigenvalue weighted by atomic mass is 32.1. The van der Waals surface area contributed by atoms with Crippen LogP contribution < -0.4 is 23.7 Å². The maximum atomic E-state index is 6.04. The Hall–Kier alpha value is -3.26. The van der Waals surface area contributed by atoms with Crippen molar-refractivity contribution in [2.75, 3.05) is 41.5 Å². The minimum atomic E-state index is 0.344. The van der Waals surface area contributed by atoms with E-state index in [1.807, 2.05) is 51.5 Å². The summed E-state index contributed by atoms with van der Waals surface area (Å²) in [5.41, 5.74) is 2.03. The first-order valence-corrected chi connectivity index (χ1v) is 11.6. The summed E-state index contributed by atoms with van der Waals surface area (Å²) in [6.45, 7) is 5.08. The SMILES string of the molecule is CCCOc1c(OC)cc(Cc2cncc3c(OC(=S)N(C)C)c(OCC)ccc23)cc1OC. The minimum Gasteiger partial charge on any atom is -0.493 e. The zero-order valence-electron chi connectivity index (χ0n) is 20.6. The molecule has 0 bridgehead atoms. The van der Waals surface area contributed by atoms with Gasteiger partial charge in [0.25, 0.3) is 5.17 Å². The van der Waals surface area contributed by atoms with Gasteiger partial charge in [-0.2, -0.15) is 0 Å². The fourth-order valence-corrected chi connectivity index (χ4v) is 3.64. The van der Waals surface area contributed by atoms with E-state index in [9.17, 15) is 0 Å². The summed E-state index contributed by atoms with van der Waals surface area (Å²) in [4.78, 5) is 6.22. The molecule has 3 aromatic rings. The summed E-state index contributed by atoms with van der Waals surface area (Å²) in [6.07, 6.45) is 5.13. The van der Waals surface area contributed by atoms with Gasteiger partial charge in [-0.25, -0.2) is 0 Å². The van der Waals surface area contributed by atoms with Crippen molar-refractivity contribution in [3.63, 3.8) is 0 Å². The van der Waals surface area contributed by atoms with Crippen LogP contribution >= 0.6 is 12.2 Å². The average molecular weight is 485 g/mol. The summed E-state index contributed by atoms with van der Waals surface area (Å²) < 4.78 is 28.9. The van der Waals surface area contributed by atoms with Crippen LogP contribution in [0, 0.1) is 0 Å². The highest BCUT2D eigenvalue weighted by Crippen LogP contribution is 2.41. The van der Waals surface area contributed by atoms with Gasteiger partial charge in [-0.1, -0.05) is 13.0 Å². The molecule has 2 aromatic carbocycles. The monoisotopic (exact) mass is 484 g/mol. The number of ether oxygens (including phenoxy) is 5. The van der Waals surface area contributed by atoms with Crippen molar-refractivity contribution in [2.24, 2.45) is 0 Å². The van der Waals surface area contributed by atoms with Gasteiger partial charge in [0.15, 0.2) is 23.0 Å². The van der Waals surface area contributed by atoms with Crippen LogP contribution in [0.15, 0.2) is 36.7 Å². The minimum absolute atomic E-state index is 0.344. The number of hydrogen-bond acceptors (Lipinski definition) is 7. The van der Waals surface area contributed by atoms with Gasteiger partial charge < -0.3 is 28.6 Å². The van der Waals surface area contributed by atoms with E-state index in [1.165, 1.54) is 0 Å². The smallest absolute Gasteiger partial charge is 0.264 e. The van der Waals surface area contributed by atoms with Gasteiger partial charge in [-0.05, 0) is 66.7 Å². The van der Waals surface area contributed by atoms with Gasteiger partial charge in [0.2, 0.25) is 5.75 Å². The molecule has 182 valence electrons. The number of nitrogens with zero attached hydrogens (tertiary/aromatic N) is 2. The first-order valence-electron chi connectivity index (χ1n) is 11.2. The molecule has 0 saturated heterocycles. The molecule has 0 atom stereocenters. The van der Waals surface area contributed by atoms with Crippen LogP contribution in [0.5, 0.6) is 28.7 Å². The van der Waals surface area contributed by atoms with Crippen molar-refractivity contribution in [3.05, 3.63) is 47.8 Å². The molecule has 8 heteroatoms. The average Bonchev–Trinajstić information content (AvgIpc) is 2.84. The number of methoxy groups -OCH3 is 2. The van der Waals surface area contributed by atoms with Crippen LogP contribution in [0.25, 0.3) is 10.8 Å². The Kier molecular flexibility index (Phi) is 8.76. The third kappa shape index (κ3) is 5.62. The molecular formula is C26H32N2O5S. The normalized spacial score (nSPS) is 10.6. The number of aromatic nitrogens is 1. The second-order valence-corrected chi connectivity index (χ2v) is 8.19. The number of hydrogen-bond donors (Lipinski definition) is 0. The summed E-state index contributed by atoms with van der Waals surface area (Å²) in [7, 11) is 6.94. The molecule has 0 N–H and O–H groups in total. The van der Waals surface area contributed by atoms with Crippen LogP contribution in [0.3, 0.4) is 0 Å². The third-order valence-electron chi connectivity index (χ3n) is 5.16. The van der Waals surface area contributed by atoms with Gasteiger partial charge in [0.05, 0.1) is 27.4 Å². The molecule has 0 aliphatic carbocycles. The summed E-state index contributed by atoms with van der Waals surface area (Å²) in [5, 5.41) is 2.17. The van der Waals surface area contributed by atoms with Crippen molar-refractivity contribution in [1.29, 1.82) is 0 Å². The lowest BCUT2D eigenvalue weighted by atomic mass is 9.99. The molecule has 1 aromatic heterocycles. The summed E-state index contributed by atoms with van der Waals surface area (Å²) in [5.74, 6) is 3.07. The van der Waals surface area contributed by atoms with Gasteiger partial charge in [-0.15, -0.1) is 0 Å². The van der Waals surface area contributed by atoms with E-state index in [0.29, 0.717) is 53.6 Å². The fourth-order valence-electron chi connectivity index (χ4n) is 3.56. The van der Waals surface area contributed by atoms with Crippen LogP contribution in [0.4, 0.5) is 0 Å². The Labute approximate surface area is 206 Å². The Morgan fingerprint density at radius 3 is 2.21 bits per heavy atom. The van der Waals surface area contributed by atoms with E-state index in [2.05, 4.69) is 11.9 Å². The Morgan fingerprint density at radius 2 is 1.62 bits per heavy atom. The molecule has 34 heavy (non-hydrogen) atoms. The van der Waals surface area contributed by atoms with Gasteiger partial charge in [0, 0.05) is 31.9 Å². The molecular weight excluding hydrogens is 452 g/mol. The van der Waals surface area contributed by atoms with Crippen LogP contribution in [-0.4, -0.2) is 56.6 Å². The molecule has 3 rings (SSSR count). The molecule has 0 aliphatic rings. The fraction of sp³-hybridized carbons (Fsp3) is 0.385. The molecule has 0 saturated carbocycles. The second kappa shape index (κ2) is 11.7. The van der Waals surface area contributed by atoms with E-state index < -0.39 is 0 Å². The highest BCUT2D eigenvalue weighted by molar-refractivity contribution is 7.80. The van der Waals surface area contributed by atoms with E-state index in [1.54, 1.807) is 25.3 Å². The maximum absolute atomic E-state index is 6.04. The zero-order chi connectivity index (χ0) is 24.7. The van der Waals surface area contributed by atoms with E-state index in [0.717, 1.165) is 28.3 Å². The van der Waals surface area contributed by atoms with Crippen molar-refractivity contribution in [3.8, 4) is 28.7 Å². The molecule has 0 spiro atoms. The first-order chi connectivity index (χ1) is 16.4. The summed E-state index contributed by atoms with van der Waals surface area (Å²) in [6, 6.07) is 7.88. The molecule has 0 aliphatic heterocycles. The van der Waals surface area contributed by atoms with E-state index >= 15 is 0 Å². The third-order valence-corrected chi connectivity index (χ3v) is 5.61. The predicted octanol–water partition coefficient (Wildman–Crippen LogP) is 5.26. The zero-order valence-corrected chi connectivity index (χ0v) is 21.5. The van der Waals surface area contributed by atoms with Crippen molar-refractivity contribution >= 4 is 28.2 Å². The Bertz CT molecular complexity index is 1120. The number of benzene rings is 2. The molecule has 1 heterocycles. The number of thiocarbonyl (C=S) groups is 1. The number of pyridine rings is 1. The van der Waals surface area contributed by atoms with Gasteiger partial charge in [0.1, 0.15) is 0 Å². The van der Waals surface area contributed by atoms with Crippen molar-refractivity contribution < 1.29 is 23.7 Å². The van der Waals surface area contributed by atoms with E-state index in [4.69, 9.17) is 35.9 Å². The maximum Gasteiger partial charge on any atom is 0.264 e. The topological polar surface area (TPSA) is 62.3 Å². The molecule has 0 fully saturated rings. The quantitative estimate of drug-likeness (QED) is 0.361. The number of fused-ring (bicyclic) bond motifs is 1. The summed E-state index contributed by atoms with van der Waals surface area (Å²) >= 11 is 5.39. The molecule has 0 amide bonds. The lowest BCUT2D eigenvalue weighted by Crippen LogP contribution is -2.25. The first kappa shape index (κ1) is 25.4. The Balaban J connectivity index is 2.06. The predicted molar refractivity (Wildman–Crippen MR) is 138 cm³/mol. The Morgan fingerprint density at radius 1 is 0.912 bits per heavy atom. The van der Waals surface area contributed by atoms with Crippen LogP contribution in [-0.2, 0) is 6.42 Å².